The fourth-order valence-corrected chi connectivity index (χ4v) is 13.0. The average molecular weight is 1440 g/mol. The number of ketones is 1. The molecule has 0 amide bonds. The summed E-state index contributed by atoms with van der Waals surface area (Å²) in [4.78, 5) is 11.9. The van der Waals surface area contributed by atoms with Crippen molar-refractivity contribution in [2.24, 2.45) is 46.3 Å². The Kier molecular flexibility index (Phi) is 41.1. The summed E-state index contributed by atoms with van der Waals surface area (Å²) in [6.07, 6.45) is 22.5. The smallest absolute Gasteiger partial charge is 0.192 e. The van der Waals surface area contributed by atoms with Gasteiger partial charge < -0.3 is 20.4 Å². The third-order valence-electron chi connectivity index (χ3n) is 17.0. The standard InChI is InChI=1S/C23H36O2.C15H18O2.C14H24O.C6H5OP.6Y/c1-5-15(2)19-10-11-20-18(7-6-12-23(19,20)4)9-8-17-13-21(24)16(3)22(25)14-17;1-11-14(16)9-13(10-15(11)17)8-7-12-5-3-2-4-6-12;1-4-10(2)11-7-8-12-13(15)6-5-9-14(11,12)3;7-8-6-4-2-1-3-5-6;;;;;;/h8-9,15,19-22,24-25H,3,5-7,10-14H2,1-2,4H3;2-6,8,14-17H,1,7,9-10H2;10-12H,4-9H2,1-3H3;1-5H;;;;;;/b18-9+;;;;;;;;;/t15-,19?,20-,21+,22+,23+;14-,15-;10-,11?,12-,14+;;;;;;;/m010......./s1. The summed E-state index contributed by atoms with van der Waals surface area (Å²) >= 11 is 0. The predicted octanol–water partition coefficient (Wildman–Crippen LogP) is 12.8. The van der Waals surface area contributed by atoms with Crippen LogP contribution in [0, 0.1) is 46.3 Å². The quantitative estimate of drug-likeness (QED) is 0.155. The second-order valence-electron chi connectivity index (χ2n) is 21.0. The first-order valence-electron chi connectivity index (χ1n) is 25.2. The molecule has 4 N–H and O–H groups in total. The number of benzene rings is 2. The number of allylic oxidation sites excluding steroid dienone is 4. The van der Waals surface area contributed by atoms with Gasteiger partial charge in [-0.15, -0.1) is 0 Å². The van der Waals surface area contributed by atoms with Crippen molar-refractivity contribution < 1.29 is 226 Å². The van der Waals surface area contributed by atoms with E-state index in [0.29, 0.717) is 59.4 Å². The van der Waals surface area contributed by atoms with Gasteiger partial charge in [-0.1, -0.05) is 151 Å². The van der Waals surface area contributed by atoms with Crippen molar-refractivity contribution in [2.75, 3.05) is 0 Å². The molecule has 13 heteroatoms. The topological polar surface area (TPSA) is 115 Å². The van der Waals surface area contributed by atoms with E-state index in [0.717, 1.165) is 65.3 Å². The molecule has 2 aromatic rings. The Labute approximate surface area is 583 Å². The third-order valence-corrected chi connectivity index (χ3v) is 17.5. The molecule has 6 radical (unpaired) electrons. The monoisotopic (exact) mass is 1440 g/mol. The van der Waals surface area contributed by atoms with Crippen molar-refractivity contribution in [1.29, 1.82) is 0 Å². The van der Waals surface area contributed by atoms with Crippen LogP contribution in [0.1, 0.15) is 150 Å². The number of fused-ring (bicyclic) bond motifs is 2. The molecule has 0 spiro atoms. The maximum absolute atomic E-state index is 11.9. The Hall–Kier alpha value is 3.37. The third kappa shape index (κ3) is 21.7. The van der Waals surface area contributed by atoms with Crippen molar-refractivity contribution in [1.82, 2.24) is 0 Å². The van der Waals surface area contributed by atoms with E-state index in [1.807, 2.05) is 48.5 Å². The number of hydrogen-bond donors (Lipinski definition) is 4. The second-order valence-corrected chi connectivity index (χ2v) is 21.7. The number of hydrogen-bond acceptors (Lipinski definition) is 6. The van der Waals surface area contributed by atoms with Crippen LogP contribution in [0.4, 0.5) is 0 Å². The number of carbonyl (C=O) groups excluding carboxylic acids is 1. The van der Waals surface area contributed by atoms with E-state index in [2.05, 4.69) is 85.1 Å². The molecule has 8 rings (SSSR count). The van der Waals surface area contributed by atoms with Gasteiger partial charge in [0.05, 0.1) is 24.4 Å². The van der Waals surface area contributed by atoms with Crippen LogP contribution in [0.15, 0.2) is 120 Å². The second kappa shape index (κ2) is 38.1. The van der Waals surface area contributed by atoms with Gasteiger partial charge in [-0.2, -0.15) is 0 Å². The van der Waals surface area contributed by atoms with Gasteiger partial charge in [-0.3, -0.25) is 9.36 Å². The van der Waals surface area contributed by atoms with Crippen LogP contribution in [-0.2, 0) is 212 Å². The SMILES string of the molecule is C=C1[C@H](O)CC(=C/C=C2\CCC[C@]3(C)C([C@@H](C)CC)CC[C@@H]23)C[C@H]1O.C=C1[C@H](O)CC(=CCc2ccccc2)C[C@H]1O.CC[C@H](C)C1CC[C@H]2C(=O)CCC[C@]12C.O=Pc1ccccc1.[Y].[Y].[Y].[Y].[Y].[Y]. The van der Waals surface area contributed by atoms with Crippen LogP contribution in [0.2, 0.25) is 0 Å². The first-order chi connectivity index (χ1) is 31.1. The number of carbonyl (C=O) groups is 1. The molecule has 0 heterocycles. The van der Waals surface area contributed by atoms with Crippen molar-refractivity contribution in [3.05, 3.63) is 125 Å². The van der Waals surface area contributed by atoms with E-state index in [1.54, 1.807) is 5.57 Å². The van der Waals surface area contributed by atoms with E-state index < -0.39 is 24.4 Å². The Morgan fingerprint density at radius 2 is 1.04 bits per heavy atom. The zero-order valence-corrected chi connectivity index (χ0v) is 62.2. The van der Waals surface area contributed by atoms with Crippen molar-refractivity contribution in [2.45, 2.75) is 175 Å². The summed E-state index contributed by atoms with van der Waals surface area (Å²) in [5.41, 5.74) is 7.06. The molecule has 0 bridgehead atoms. The summed E-state index contributed by atoms with van der Waals surface area (Å²) < 4.78 is 10.1. The van der Waals surface area contributed by atoms with E-state index in [-0.39, 0.29) is 205 Å². The summed E-state index contributed by atoms with van der Waals surface area (Å²) in [5.74, 6) is 4.98. The molecule has 0 aliphatic heterocycles. The van der Waals surface area contributed by atoms with Gasteiger partial charge in [-0.25, -0.2) is 0 Å². The molecule has 2 aromatic carbocycles. The summed E-state index contributed by atoms with van der Waals surface area (Å²) in [7, 11) is 0.0994. The van der Waals surface area contributed by atoms with E-state index in [1.165, 1.54) is 69.8 Å². The molecule has 374 valence electrons. The first-order valence-corrected chi connectivity index (χ1v) is 26.0. The minimum absolute atomic E-state index is 0. The molecule has 6 saturated carbocycles. The van der Waals surface area contributed by atoms with Gasteiger partial charge >= 0.3 is 0 Å². The molecule has 0 aromatic heterocycles. The van der Waals surface area contributed by atoms with Crippen LogP contribution >= 0.6 is 8.46 Å². The fourth-order valence-electron chi connectivity index (χ4n) is 12.7. The summed E-state index contributed by atoms with van der Waals surface area (Å²) in [6, 6.07) is 19.4. The van der Waals surface area contributed by atoms with Gasteiger partial charge in [0.1, 0.15) is 5.78 Å². The molecule has 6 fully saturated rings. The Balaban J connectivity index is 0. The fraction of sp³-hybridized carbons (Fsp3) is 0.603. The molecule has 6 aliphatic rings. The molecular weight excluding hydrogens is 1360 g/mol. The minimum Gasteiger partial charge on any atom is -0.388 e. The van der Waals surface area contributed by atoms with Gasteiger partial charge in [0, 0.05) is 214 Å². The maximum Gasteiger partial charge on any atom is 0.192 e. The van der Waals surface area contributed by atoms with E-state index >= 15 is 0 Å². The molecule has 71 heavy (non-hydrogen) atoms. The molecule has 2 unspecified atom stereocenters. The number of Topliss-reactive ketones (excluding diaryl/α,β-unsaturated/α-hetero) is 1. The van der Waals surface area contributed by atoms with Crippen LogP contribution in [0.25, 0.3) is 0 Å². The minimum atomic E-state index is -0.597. The van der Waals surface area contributed by atoms with Crippen molar-refractivity contribution in [3.63, 3.8) is 0 Å². The van der Waals surface area contributed by atoms with E-state index in [9.17, 15) is 29.8 Å². The zero-order chi connectivity index (χ0) is 47.3. The maximum atomic E-state index is 11.9. The number of aliphatic hydroxyl groups excluding tert-OH is 4. The van der Waals surface area contributed by atoms with Crippen LogP contribution in [0.3, 0.4) is 0 Å². The van der Waals surface area contributed by atoms with Gasteiger partial charge in [-0.05, 0) is 159 Å². The Morgan fingerprint density at radius 3 is 1.49 bits per heavy atom. The molecule has 0 saturated heterocycles. The average Bonchev–Trinajstić information content (AvgIpc) is 3.86. The normalized spacial score (nSPS) is 30.7. The van der Waals surface area contributed by atoms with Crippen LogP contribution in [-0.4, -0.2) is 50.6 Å². The predicted molar refractivity (Wildman–Crippen MR) is 269 cm³/mol. The summed E-state index contributed by atoms with van der Waals surface area (Å²) in [5, 5.41) is 40.4. The largest absolute Gasteiger partial charge is 0.388 e. The molecule has 12 atom stereocenters. The Bertz CT molecular complexity index is 1970. The molecule has 6 nitrogen and oxygen atoms in total. The Morgan fingerprint density at radius 1 is 0.620 bits per heavy atom. The molecule has 6 aliphatic carbocycles. The van der Waals surface area contributed by atoms with Crippen molar-refractivity contribution in [3.8, 4) is 0 Å². The number of aliphatic hydroxyl groups is 4. The zero-order valence-electron chi connectivity index (χ0n) is 44.2. The van der Waals surface area contributed by atoms with Crippen LogP contribution < -0.4 is 5.30 Å². The van der Waals surface area contributed by atoms with E-state index in [4.69, 9.17) is 0 Å². The van der Waals surface area contributed by atoms with Gasteiger partial charge in [0.15, 0.2) is 8.46 Å². The molecular formula is C58H83O6PY6. The van der Waals surface area contributed by atoms with Gasteiger partial charge in [0.25, 0.3) is 0 Å². The first kappa shape index (κ1) is 76.4. The van der Waals surface area contributed by atoms with Crippen LogP contribution in [0.5, 0.6) is 0 Å². The van der Waals surface area contributed by atoms with Crippen molar-refractivity contribution >= 4 is 19.5 Å². The van der Waals surface area contributed by atoms with Gasteiger partial charge in [0.2, 0.25) is 0 Å². The summed E-state index contributed by atoms with van der Waals surface area (Å²) in [6.45, 7) is 21.9. The number of rotatable bonds is 8.